The topological polar surface area (TPSA) is 110 Å². The van der Waals surface area contributed by atoms with Gasteiger partial charge in [-0.1, -0.05) is 37.8 Å². The molecule has 2 aromatic rings. The van der Waals surface area contributed by atoms with Gasteiger partial charge in [0.2, 0.25) is 11.5 Å². The fraction of sp³-hybridized carbons (Fsp3) is 0.500. The number of aromatic hydroxyl groups is 5. The highest BCUT2D eigenvalue weighted by Crippen LogP contribution is 2.61. The number of hydrogen-bond acceptors (Lipinski definition) is 6. The summed E-state index contributed by atoms with van der Waals surface area (Å²) < 4.78 is 6.40. The lowest BCUT2D eigenvalue weighted by Gasteiger charge is -2.54. The van der Waals surface area contributed by atoms with Crippen LogP contribution in [0.2, 0.25) is 0 Å². The molecule has 0 amide bonds. The summed E-state index contributed by atoms with van der Waals surface area (Å²) >= 11 is 0. The lowest BCUT2D eigenvalue weighted by molar-refractivity contribution is -0.0174. The SMILES string of the molecule is Oc1ccc(C2CCCC3C2Oc2c(ccc(O)c2O)C32CCCCC2)c(O)c1O. The van der Waals surface area contributed by atoms with Gasteiger partial charge in [0.15, 0.2) is 23.0 Å². The van der Waals surface area contributed by atoms with Crippen molar-refractivity contribution in [1.29, 1.82) is 0 Å². The molecule has 2 fully saturated rings. The van der Waals surface area contributed by atoms with Crippen molar-refractivity contribution in [2.75, 3.05) is 0 Å². The molecule has 30 heavy (non-hydrogen) atoms. The average molecular weight is 412 g/mol. The number of phenolic OH excluding ortho intramolecular Hbond substituents is 5. The van der Waals surface area contributed by atoms with Gasteiger partial charge in [0, 0.05) is 28.4 Å². The number of ether oxygens (including phenoxy) is 1. The molecule has 3 unspecified atom stereocenters. The molecule has 1 heterocycles. The highest BCUT2D eigenvalue weighted by atomic mass is 16.5. The second-order valence-corrected chi connectivity index (χ2v) is 9.12. The number of benzene rings is 2. The Bertz CT molecular complexity index is 978. The lowest BCUT2D eigenvalue weighted by atomic mass is 9.54. The van der Waals surface area contributed by atoms with Crippen molar-refractivity contribution in [3.63, 3.8) is 0 Å². The number of fused-ring (bicyclic) bond motifs is 4. The molecule has 1 aliphatic heterocycles. The molecule has 0 radical (unpaired) electrons. The quantitative estimate of drug-likeness (QED) is 0.432. The number of phenols is 5. The van der Waals surface area contributed by atoms with Crippen molar-refractivity contribution >= 4 is 0 Å². The Morgan fingerprint density at radius 3 is 2.20 bits per heavy atom. The summed E-state index contributed by atoms with van der Waals surface area (Å²) in [5, 5.41) is 51.2. The van der Waals surface area contributed by atoms with Gasteiger partial charge < -0.3 is 30.3 Å². The van der Waals surface area contributed by atoms with Crippen molar-refractivity contribution in [1.82, 2.24) is 0 Å². The van der Waals surface area contributed by atoms with Gasteiger partial charge in [-0.15, -0.1) is 0 Å². The minimum absolute atomic E-state index is 0.130. The summed E-state index contributed by atoms with van der Waals surface area (Å²) in [6.07, 6.45) is 7.86. The first-order chi connectivity index (χ1) is 14.4. The van der Waals surface area contributed by atoms with Crippen molar-refractivity contribution < 1.29 is 30.3 Å². The Kier molecular flexibility index (Phi) is 4.42. The molecule has 5 rings (SSSR count). The molecule has 2 aliphatic carbocycles. The molecule has 3 aliphatic rings. The summed E-state index contributed by atoms with van der Waals surface area (Å²) in [5.74, 6) is -1.23. The third-order valence-corrected chi connectivity index (χ3v) is 7.74. The molecule has 5 N–H and O–H groups in total. The van der Waals surface area contributed by atoms with Gasteiger partial charge in [0.25, 0.3) is 0 Å². The molecule has 6 heteroatoms. The molecule has 2 aromatic carbocycles. The number of rotatable bonds is 1. The highest BCUT2D eigenvalue weighted by Gasteiger charge is 2.54. The van der Waals surface area contributed by atoms with Crippen LogP contribution in [0.15, 0.2) is 24.3 Å². The maximum Gasteiger partial charge on any atom is 0.200 e. The highest BCUT2D eigenvalue weighted by molar-refractivity contribution is 5.59. The van der Waals surface area contributed by atoms with E-state index in [4.69, 9.17) is 4.74 Å². The second-order valence-electron chi connectivity index (χ2n) is 9.12. The van der Waals surface area contributed by atoms with Crippen LogP contribution in [0.3, 0.4) is 0 Å². The Hall–Kier alpha value is -2.76. The fourth-order valence-corrected chi connectivity index (χ4v) is 6.37. The Morgan fingerprint density at radius 1 is 0.733 bits per heavy atom. The van der Waals surface area contributed by atoms with Crippen molar-refractivity contribution in [3.05, 3.63) is 35.4 Å². The van der Waals surface area contributed by atoms with Crippen LogP contribution in [-0.4, -0.2) is 31.6 Å². The van der Waals surface area contributed by atoms with Crippen molar-refractivity contribution in [2.24, 2.45) is 5.92 Å². The first kappa shape index (κ1) is 19.2. The molecule has 1 spiro atoms. The van der Waals surface area contributed by atoms with E-state index < -0.39 is 5.75 Å². The van der Waals surface area contributed by atoms with Crippen LogP contribution in [0.1, 0.15) is 68.4 Å². The molecule has 3 atom stereocenters. The maximum atomic E-state index is 10.6. The van der Waals surface area contributed by atoms with Crippen LogP contribution in [0, 0.1) is 5.92 Å². The van der Waals surface area contributed by atoms with Crippen molar-refractivity contribution in [2.45, 2.75) is 68.8 Å². The van der Waals surface area contributed by atoms with E-state index in [1.54, 1.807) is 12.1 Å². The smallest absolute Gasteiger partial charge is 0.200 e. The van der Waals surface area contributed by atoms with Gasteiger partial charge in [-0.05, 0) is 37.8 Å². The zero-order chi connectivity index (χ0) is 21.0. The van der Waals surface area contributed by atoms with Gasteiger partial charge in [-0.3, -0.25) is 0 Å². The lowest BCUT2D eigenvalue weighted by Crippen LogP contribution is -2.52. The summed E-state index contributed by atoms with van der Waals surface area (Å²) in [7, 11) is 0. The minimum Gasteiger partial charge on any atom is -0.504 e. The second kappa shape index (κ2) is 6.89. The van der Waals surface area contributed by atoms with E-state index in [-0.39, 0.29) is 46.4 Å². The molecular weight excluding hydrogens is 384 g/mol. The predicted octanol–water partition coefficient (Wildman–Crippen LogP) is 4.76. The van der Waals surface area contributed by atoms with Crippen LogP contribution >= 0.6 is 0 Å². The number of hydrogen-bond donors (Lipinski definition) is 5. The molecule has 0 saturated heterocycles. The standard InChI is InChI=1S/C24H28O6/c25-17-9-7-13(19(27)20(17)28)14-5-4-6-15-22(14)30-23-16(8-10-18(26)21(23)29)24(15)11-2-1-3-12-24/h7-10,14-15,22,25-29H,1-6,11-12H2. The minimum atomic E-state index is -0.515. The molecule has 2 saturated carbocycles. The Morgan fingerprint density at radius 2 is 1.43 bits per heavy atom. The van der Waals surface area contributed by atoms with E-state index in [9.17, 15) is 25.5 Å². The van der Waals surface area contributed by atoms with E-state index in [0.717, 1.165) is 50.5 Å². The van der Waals surface area contributed by atoms with E-state index in [1.807, 2.05) is 6.07 Å². The average Bonchev–Trinajstić information content (AvgIpc) is 2.76. The third-order valence-electron chi connectivity index (χ3n) is 7.74. The molecular formula is C24H28O6. The summed E-state index contributed by atoms with van der Waals surface area (Å²) in [4.78, 5) is 0. The summed E-state index contributed by atoms with van der Waals surface area (Å²) in [5.41, 5.74) is 1.40. The van der Waals surface area contributed by atoms with Gasteiger partial charge in [-0.25, -0.2) is 0 Å². The van der Waals surface area contributed by atoms with Gasteiger partial charge in [0.05, 0.1) is 0 Å². The Balaban J connectivity index is 1.66. The third kappa shape index (κ3) is 2.62. The molecule has 160 valence electrons. The van der Waals surface area contributed by atoms with Gasteiger partial charge >= 0.3 is 0 Å². The van der Waals surface area contributed by atoms with Gasteiger partial charge in [-0.2, -0.15) is 0 Å². The van der Waals surface area contributed by atoms with Crippen LogP contribution < -0.4 is 4.74 Å². The molecule has 0 aromatic heterocycles. The van der Waals surface area contributed by atoms with Crippen molar-refractivity contribution in [3.8, 4) is 34.5 Å². The van der Waals surface area contributed by atoms with E-state index >= 15 is 0 Å². The predicted molar refractivity (Wildman–Crippen MR) is 110 cm³/mol. The van der Waals surface area contributed by atoms with Gasteiger partial charge in [0.1, 0.15) is 6.10 Å². The van der Waals surface area contributed by atoms with Crippen LogP contribution in [0.5, 0.6) is 34.5 Å². The van der Waals surface area contributed by atoms with E-state index in [0.29, 0.717) is 11.3 Å². The van der Waals surface area contributed by atoms with Crippen LogP contribution in [-0.2, 0) is 5.41 Å². The van der Waals surface area contributed by atoms with E-state index in [2.05, 4.69) is 0 Å². The molecule has 6 nitrogen and oxygen atoms in total. The zero-order valence-corrected chi connectivity index (χ0v) is 16.8. The van der Waals surface area contributed by atoms with Crippen LogP contribution in [0.25, 0.3) is 0 Å². The first-order valence-corrected chi connectivity index (χ1v) is 10.9. The molecule has 0 bridgehead atoms. The first-order valence-electron chi connectivity index (χ1n) is 10.9. The summed E-state index contributed by atoms with van der Waals surface area (Å²) in [6.45, 7) is 0. The normalized spacial score (nSPS) is 27.1. The largest absolute Gasteiger partial charge is 0.504 e. The monoisotopic (exact) mass is 412 g/mol. The zero-order valence-electron chi connectivity index (χ0n) is 16.8. The van der Waals surface area contributed by atoms with Crippen LogP contribution in [0.4, 0.5) is 0 Å². The fourth-order valence-electron chi connectivity index (χ4n) is 6.37. The maximum absolute atomic E-state index is 10.6. The summed E-state index contributed by atoms with van der Waals surface area (Å²) in [6, 6.07) is 6.49. The van der Waals surface area contributed by atoms with E-state index in [1.165, 1.54) is 12.5 Å². The Labute approximate surface area is 175 Å².